The molecule has 3 amide bonds. The summed E-state index contributed by atoms with van der Waals surface area (Å²) in [6.07, 6.45) is 0.537. The first-order valence-corrected chi connectivity index (χ1v) is 7.46. The number of carbonyl (C=O) groups is 3. The Hall–Kier alpha value is -2.70. The molecule has 0 aliphatic heterocycles. The fourth-order valence-electron chi connectivity index (χ4n) is 1.95. The number of rotatable bonds is 7. The molecule has 0 bridgehead atoms. The van der Waals surface area contributed by atoms with Crippen molar-refractivity contribution >= 4 is 23.4 Å². The highest BCUT2D eigenvalue weighted by atomic mass is 19.1. The molecule has 1 aromatic carbocycles. The average Bonchev–Trinajstić information content (AvgIpc) is 2.51. The number of hydrogen-bond donors (Lipinski definition) is 2. The third kappa shape index (κ3) is 5.83. The molecule has 0 aliphatic carbocycles. The van der Waals surface area contributed by atoms with E-state index in [2.05, 4.69) is 17.2 Å². The van der Waals surface area contributed by atoms with Crippen LogP contribution in [0.4, 0.5) is 10.1 Å². The first-order chi connectivity index (χ1) is 11.2. The highest BCUT2D eigenvalue weighted by molar-refractivity contribution is 5.97. The fraction of sp³-hybridized carbons (Fsp3) is 0.353. The second kappa shape index (κ2) is 8.81. The lowest BCUT2D eigenvalue weighted by molar-refractivity contribution is -0.121. The molecule has 0 spiro atoms. The molecule has 24 heavy (non-hydrogen) atoms. The van der Waals surface area contributed by atoms with Crippen LogP contribution >= 0.6 is 0 Å². The maximum absolute atomic E-state index is 14.0. The first kappa shape index (κ1) is 19.3. The van der Waals surface area contributed by atoms with E-state index in [-0.39, 0.29) is 23.7 Å². The zero-order chi connectivity index (χ0) is 18.3. The Kier molecular flexibility index (Phi) is 7.10. The van der Waals surface area contributed by atoms with Gasteiger partial charge < -0.3 is 15.5 Å². The van der Waals surface area contributed by atoms with Gasteiger partial charge in [-0.05, 0) is 31.5 Å². The van der Waals surface area contributed by atoms with E-state index < -0.39 is 17.6 Å². The van der Waals surface area contributed by atoms with Crippen LogP contribution in [0.3, 0.4) is 0 Å². The molecule has 0 aliphatic rings. The summed E-state index contributed by atoms with van der Waals surface area (Å²) in [5, 5.41) is 4.79. The van der Waals surface area contributed by atoms with Crippen LogP contribution in [0.1, 0.15) is 30.6 Å². The molecule has 0 saturated heterocycles. The second-order valence-corrected chi connectivity index (χ2v) is 5.48. The van der Waals surface area contributed by atoms with Crippen LogP contribution in [0.5, 0.6) is 0 Å². The molecule has 1 aromatic rings. The summed E-state index contributed by atoms with van der Waals surface area (Å²) in [4.78, 5) is 36.5. The van der Waals surface area contributed by atoms with Gasteiger partial charge in [-0.15, -0.1) is 6.58 Å². The summed E-state index contributed by atoms with van der Waals surface area (Å²) in [6, 6.07) is 3.78. The van der Waals surface area contributed by atoms with Crippen molar-refractivity contribution in [3.8, 4) is 0 Å². The van der Waals surface area contributed by atoms with Crippen molar-refractivity contribution < 1.29 is 18.8 Å². The van der Waals surface area contributed by atoms with Gasteiger partial charge in [0.2, 0.25) is 11.8 Å². The Labute approximate surface area is 140 Å². The minimum Gasteiger partial charge on any atom is -0.358 e. The van der Waals surface area contributed by atoms with Crippen LogP contribution in [0.25, 0.3) is 0 Å². The molecule has 1 rings (SSSR count). The third-order valence-electron chi connectivity index (χ3n) is 3.24. The van der Waals surface area contributed by atoms with Gasteiger partial charge in [-0.2, -0.15) is 0 Å². The van der Waals surface area contributed by atoms with Crippen LogP contribution in [-0.2, 0) is 9.59 Å². The largest absolute Gasteiger partial charge is 0.358 e. The number of benzene rings is 1. The smallest absolute Gasteiger partial charge is 0.254 e. The summed E-state index contributed by atoms with van der Waals surface area (Å²) < 4.78 is 14.0. The molecule has 0 unspecified atom stereocenters. The Morgan fingerprint density at radius 3 is 2.42 bits per heavy atom. The monoisotopic (exact) mass is 335 g/mol. The SMILES string of the molecule is C=C(C)CCN(CC(=O)NC)C(=O)c1ccc(NC(C)=O)c(F)c1. The number of anilines is 1. The molecule has 0 aromatic heterocycles. The lowest BCUT2D eigenvalue weighted by Crippen LogP contribution is -2.40. The fourth-order valence-corrected chi connectivity index (χ4v) is 1.95. The highest BCUT2D eigenvalue weighted by Gasteiger charge is 2.19. The van der Waals surface area contributed by atoms with Gasteiger partial charge in [-0.25, -0.2) is 4.39 Å². The summed E-state index contributed by atoms with van der Waals surface area (Å²) in [5.74, 6) is -1.90. The Bertz CT molecular complexity index is 658. The summed E-state index contributed by atoms with van der Waals surface area (Å²) >= 11 is 0. The van der Waals surface area contributed by atoms with Gasteiger partial charge in [0.1, 0.15) is 5.82 Å². The predicted molar refractivity (Wildman–Crippen MR) is 90.1 cm³/mol. The first-order valence-electron chi connectivity index (χ1n) is 7.46. The van der Waals surface area contributed by atoms with Crippen LogP contribution < -0.4 is 10.6 Å². The summed E-state index contributed by atoms with van der Waals surface area (Å²) in [7, 11) is 1.48. The average molecular weight is 335 g/mol. The Balaban J connectivity index is 2.99. The molecule has 0 saturated carbocycles. The van der Waals surface area contributed by atoms with E-state index in [1.807, 2.05) is 6.92 Å². The van der Waals surface area contributed by atoms with Crippen molar-refractivity contribution in [1.82, 2.24) is 10.2 Å². The molecule has 130 valence electrons. The van der Waals surface area contributed by atoms with Gasteiger partial charge in [0, 0.05) is 26.1 Å². The number of hydrogen-bond acceptors (Lipinski definition) is 3. The normalized spacial score (nSPS) is 10.0. The van der Waals surface area contributed by atoms with Crippen molar-refractivity contribution in [2.75, 3.05) is 25.5 Å². The van der Waals surface area contributed by atoms with Crippen LogP contribution in [-0.4, -0.2) is 42.8 Å². The lowest BCUT2D eigenvalue weighted by atomic mass is 10.1. The molecule has 0 atom stereocenters. The molecule has 7 heteroatoms. The topological polar surface area (TPSA) is 78.5 Å². The minimum atomic E-state index is -0.712. The van der Waals surface area contributed by atoms with Gasteiger partial charge in [-0.1, -0.05) is 5.57 Å². The number of nitrogens with zero attached hydrogens (tertiary/aromatic N) is 1. The Morgan fingerprint density at radius 2 is 1.92 bits per heavy atom. The zero-order valence-corrected chi connectivity index (χ0v) is 14.1. The summed E-state index contributed by atoms with van der Waals surface area (Å²) in [6.45, 7) is 7.04. The standard InChI is InChI=1S/C17H22FN3O3/c1-11(2)7-8-21(10-16(23)19-4)17(24)13-5-6-15(14(18)9-13)20-12(3)22/h5-6,9H,1,7-8,10H2,2-4H3,(H,19,23)(H,20,22). The van der Waals surface area contributed by atoms with Crippen LogP contribution in [0.2, 0.25) is 0 Å². The van der Waals surface area contributed by atoms with Crippen LogP contribution in [0.15, 0.2) is 30.4 Å². The van der Waals surface area contributed by atoms with E-state index in [9.17, 15) is 18.8 Å². The van der Waals surface area contributed by atoms with Gasteiger partial charge >= 0.3 is 0 Å². The molecule has 2 N–H and O–H groups in total. The number of likely N-dealkylation sites (N-methyl/N-ethyl adjacent to an activating group) is 1. The second-order valence-electron chi connectivity index (χ2n) is 5.48. The number of carbonyl (C=O) groups excluding carboxylic acids is 3. The molecule has 0 fully saturated rings. The van der Waals surface area contributed by atoms with Gasteiger partial charge in [-0.3, -0.25) is 14.4 Å². The maximum Gasteiger partial charge on any atom is 0.254 e. The van der Waals surface area contributed by atoms with Gasteiger partial charge in [0.05, 0.1) is 12.2 Å². The third-order valence-corrected chi connectivity index (χ3v) is 3.24. The maximum atomic E-state index is 14.0. The molecular formula is C17H22FN3O3. The van der Waals surface area contributed by atoms with Crippen molar-refractivity contribution in [1.29, 1.82) is 0 Å². The van der Waals surface area contributed by atoms with E-state index in [1.165, 1.54) is 31.0 Å². The predicted octanol–water partition coefficient (Wildman–Crippen LogP) is 1.94. The van der Waals surface area contributed by atoms with Crippen molar-refractivity contribution in [3.63, 3.8) is 0 Å². The van der Waals surface area contributed by atoms with Gasteiger partial charge in [0.15, 0.2) is 0 Å². The summed E-state index contributed by atoms with van der Waals surface area (Å²) in [5.41, 5.74) is 0.975. The zero-order valence-electron chi connectivity index (χ0n) is 14.1. The highest BCUT2D eigenvalue weighted by Crippen LogP contribution is 2.17. The van der Waals surface area contributed by atoms with Crippen molar-refractivity contribution in [2.45, 2.75) is 20.3 Å². The minimum absolute atomic E-state index is 0.00108. The van der Waals surface area contributed by atoms with Crippen molar-refractivity contribution in [3.05, 3.63) is 41.7 Å². The van der Waals surface area contributed by atoms with E-state index in [4.69, 9.17) is 0 Å². The van der Waals surface area contributed by atoms with E-state index in [0.717, 1.165) is 11.6 Å². The van der Waals surface area contributed by atoms with Crippen LogP contribution in [0, 0.1) is 5.82 Å². The van der Waals surface area contributed by atoms with Crippen molar-refractivity contribution in [2.24, 2.45) is 0 Å². The molecule has 6 nitrogen and oxygen atoms in total. The lowest BCUT2D eigenvalue weighted by Gasteiger charge is -2.22. The quantitative estimate of drug-likeness (QED) is 0.748. The number of halogens is 1. The molecular weight excluding hydrogens is 313 g/mol. The van der Waals surface area contributed by atoms with Gasteiger partial charge in [0.25, 0.3) is 5.91 Å². The molecule has 0 heterocycles. The van der Waals surface area contributed by atoms with E-state index >= 15 is 0 Å². The van der Waals surface area contributed by atoms with E-state index in [0.29, 0.717) is 13.0 Å². The number of amides is 3. The Morgan fingerprint density at radius 1 is 1.25 bits per heavy atom. The molecule has 0 radical (unpaired) electrons. The van der Waals surface area contributed by atoms with E-state index in [1.54, 1.807) is 0 Å². The number of nitrogens with one attached hydrogen (secondary N) is 2.